The van der Waals surface area contributed by atoms with E-state index in [1.165, 1.54) is 42.7 Å². The summed E-state index contributed by atoms with van der Waals surface area (Å²) >= 11 is 3.25. The van der Waals surface area contributed by atoms with Crippen LogP contribution in [0.5, 0.6) is 11.5 Å². The van der Waals surface area contributed by atoms with Crippen molar-refractivity contribution >= 4 is 91.8 Å². The van der Waals surface area contributed by atoms with E-state index in [1.807, 2.05) is 0 Å². The van der Waals surface area contributed by atoms with Crippen LogP contribution >= 0.6 is 34.0 Å². The van der Waals surface area contributed by atoms with Gasteiger partial charge < -0.3 is 56.3 Å². The quantitative estimate of drug-likeness (QED) is 0.0478. The van der Waals surface area contributed by atoms with Gasteiger partial charge in [0.05, 0.1) is 45.0 Å². The Hall–Kier alpha value is -7.44. The number of phenolic OH excluding ortho intramolecular Hbond substituents is 2. The highest BCUT2D eigenvalue weighted by molar-refractivity contribution is 7.18. The van der Waals surface area contributed by atoms with E-state index in [0.29, 0.717) is 28.1 Å². The number of anilines is 2. The van der Waals surface area contributed by atoms with Crippen LogP contribution in [-0.4, -0.2) is 113 Å². The Kier molecular flexibility index (Phi) is 19.5. The number of ether oxygens (including phenoxy) is 3. The number of aromatic nitrogens is 2. The van der Waals surface area contributed by atoms with Crippen LogP contribution in [0.1, 0.15) is 73.0 Å². The monoisotopic (exact) mass is 994 g/mol. The number of carbonyl (C=O) groups is 8. The molecule has 5 rings (SSSR count). The smallest absolute Gasteiger partial charge is 0.407 e. The van der Waals surface area contributed by atoms with Crippen LogP contribution in [0, 0.1) is 13.8 Å². The fourth-order valence-electron chi connectivity index (χ4n) is 5.66. The fraction of sp³-hybridized carbons (Fsp3) is 0.318. The van der Waals surface area contributed by atoms with Crippen molar-refractivity contribution < 1.29 is 62.8 Å². The third kappa shape index (κ3) is 17.1. The average Bonchev–Trinajstić information content (AvgIpc) is 4.03. The number of amides is 6. The number of aryl methyl sites for hydroxylation is 2. The number of benzene rings is 2. The highest BCUT2D eigenvalue weighted by atomic mass is 32.1. The van der Waals surface area contributed by atoms with Gasteiger partial charge in [0.2, 0.25) is 11.8 Å². The molecule has 0 spiro atoms. The number of phenols is 2. The molecule has 0 saturated heterocycles. The van der Waals surface area contributed by atoms with Gasteiger partial charge in [-0.15, -0.1) is 0 Å². The number of thiophene rings is 1. The van der Waals surface area contributed by atoms with Crippen molar-refractivity contribution in [2.45, 2.75) is 65.1 Å². The summed E-state index contributed by atoms with van der Waals surface area (Å²) in [6.45, 7) is 7.84. The number of methoxy groups -OCH3 is 2. The third-order valence-corrected chi connectivity index (χ3v) is 11.6. The Bertz CT molecular complexity index is 2610. The Labute approximate surface area is 402 Å². The van der Waals surface area contributed by atoms with E-state index >= 15 is 0 Å². The van der Waals surface area contributed by atoms with Gasteiger partial charge in [-0.25, -0.2) is 24.4 Å². The summed E-state index contributed by atoms with van der Waals surface area (Å²) in [5.74, 6) is -3.71. The van der Waals surface area contributed by atoms with Crippen LogP contribution in [0.2, 0.25) is 0 Å². The molecular formula is C44H50N8O13S3. The van der Waals surface area contributed by atoms with Crippen molar-refractivity contribution in [1.82, 2.24) is 31.2 Å². The second-order valence-electron chi connectivity index (χ2n) is 15.4. The van der Waals surface area contributed by atoms with E-state index in [2.05, 4.69) is 41.9 Å². The normalized spacial score (nSPS) is 11.6. The minimum absolute atomic E-state index is 0.00923. The Morgan fingerprint density at radius 1 is 0.662 bits per heavy atom. The molecule has 0 unspecified atom stereocenters. The number of thiazole rings is 2. The Balaban J connectivity index is 0.000000297. The van der Waals surface area contributed by atoms with Crippen molar-refractivity contribution in [2.24, 2.45) is 0 Å². The van der Waals surface area contributed by atoms with Crippen LogP contribution in [-0.2, 0) is 46.2 Å². The van der Waals surface area contributed by atoms with Crippen molar-refractivity contribution in [3.8, 4) is 11.5 Å². The number of nitrogens with one attached hydrogen (secondary N) is 6. The fourth-order valence-corrected chi connectivity index (χ4v) is 8.07. The average molecular weight is 995 g/mol. The van der Waals surface area contributed by atoms with Crippen molar-refractivity contribution in [3.05, 3.63) is 103 Å². The van der Waals surface area contributed by atoms with Gasteiger partial charge in [-0.1, -0.05) is 46.9 Å². The van der Waals surface area contributed by atoms with Crippen LogP contribution in [0.25, 0.3) is 0 Å². The summed E-state index contributed by atoms with van der Waals surface area (Å²) in [5.41, 5.74) is 1.66. The van der Waals surface area contributed by atoms with Gasteiger partial charge in [-0.3, -0.25) is 24.0 Å². The van der Waals surface area contributed by atoms with Crippen molar-refractivity contribution in [1.29, 1.82) is 0 Å². The summed E-state index contributed by atoms with van der Waals surface area (Å²) in [5, 5.41) is 38.2. The predicted molar refractivity (Wildman–Crippen MR) is 252 cm³/mol. The second kappa shape index (κ2) is 24.9. The van der Waals surface area contributed by atoms with E-state index in [9.17, 15) is 48.6 Å². The molecule has 5 aromatic rings. The molecule has 0 aliphatic heterocycles. The van der Waals surface area contributed by atoms with E-state index in [4.69, 9.17) is 14.2 Å². The second-order valence-corrected chi connectivity index (χ2v) is 18.1. The molecule has 2 atom stereocenters. The minimum atomic E-state index is -1.17. The molecule has 24 heteroatoms. The topological polar surface area (TPSA) is 303 Å². The SMILES string of the molecule is COC(=O)[C@H](CNC(=O)OC(C)(C)C)NC(=O)c1sc(NC(=O)Cc2cccc(O)c2)nc1C.COC(=O)[C@H](CNC(=O)c1ccsc1)NC(=O)c1sc(NC(=O)Cc2cccc(O)c2)nc1C. The van der Waals surface area contributed by atoms with E-state index < -0.39 is 47.5 Å². The first kappa shape index (κ1) is 53.2. The zero-order valence-electron chi connectivity index (χ0n) is 37.8. The molecule has 0 saturated carbocycles. The summed E-state index contributed by atoms with van der Waals surface area (Å²) in [6, 6.07) is 12.0. The first-order valence-electron chi connectivity index (χ1n) is 20.3. The summed E-state index contributed by atoms with van der Waals surface area (Å²) in [4.78, 5) is 107. The molecular weight excluding hydrogens is 945 g/mol. The molecule has 0 bridgehead atoms. The lowest BCUT2D eigenvalue weighted by Gasteiger charge is -2.21. The highest BCUT2D eigenvalue weighted by Crippen LogP contribution is 2.25. The van der Waals surface area contributed by atoms with Crippen molar-refractivity contribution in [3.63, 3.8) is 0 Å². The van der Waals surface area contributed by atoms with Gasteiger partial charge in [0.15, 0.2) is 10.3 Å². The van der Waals surface area contributed by atoms with Gasteiger partial charge >= 0.3 is 18.0 Å². The first-order chi connectivity index (χ1) is 32.1. The molecule has 0 fully saturated rings. The van der Waals surface area contributed by atoms with Gasteiger partial charge in [0.1, 0.15) is 38.9 Å². The molecule has 68 heavy (non-hydrogen) atoms. The molecule has 3 aromatic heterocycles. The lowest BCUT2D eigenvalue weighted by atomic mass is 10.1. The lowest BCUT2D eigenvalue weighted by molar-refractivity contribution is -0.143. The number of carbonyl (C=O) groups excluding carboxylic acids is 8. The number of hydrogen-bond acceptors (Lipinski definition) is 18. The van der Waals surface area contributed by atoms with E-state index in [0.717, 1.165) is 29.8 Å². The molecule has 0 aliphatic carbocycles. The maximum absolute atomic E-state index is 12.8. The minimum Gasteiger partial charge on any atom is -0.508 e. The molecule has 8 N–H and O–H groups in total. The van der Waals surface area contributed by atoms with Crippen LogP contribution < -0.4 is 31.9 Å². The molecule has 3 heterocycles. The molecule has 6 amide bonds. The van der Waals surface area contributed by atoms with Gasteiger partial charge in [-0.05, 0) is 81.5 Å². The number of esters is 2. The summed E-state index contributed by atoms with van der Waals surface area (Å²) in [6.07, 6.45) is -0.723. The van der Waals surface area contributed by atoms with Crippen molar-refractivity contribution in [2.75, 3.05) is 37.9 Å². The highest BCUT2D eigenvalue weighted by Gasteiger charge is 2.28. The van der Waals surface area contributed by atoms with E-state index in [1.54, 1.807) is 75.7 Å². The lowest BCUT2D eigenvalue weighted by Crippen LogP contribution is -2.49. The Morgan fingerprint density at radius 3 is 1.51 bits per heavy atom. The molecule has 21 nitrogen and oxygen atoms in total. The largest absolute Gasteiger partial charge is 0.508 e. The Morgan fingerprint density at radius 2 is 1.12 bits per heavy atom. The molecule has 0 radical (unpaired) electrons. The predicted octanol–water partition coefficient (Wildman–Crippen LogP) is 4.24. The van der Waals surface area contributed by atoms with Crippen LogP contribution in [0.15, 0.2) is 65.4 Å². The standard InChI is InChI=1S/C22H28N4O7S.C22H22N4O6S2/c1-12-17(34-20(24-12)26-16(28)10-13-7-6-8-14(27)9-13)18(29)25-15(19(30)32-5)11-23-21(31)33-22(2,3)4;1-12-18(34-22(24-12)26-17(28)9-13-4-3-5-15(27)8-13)20(30)25-16(21(31)32-2)10-23-19(29)14-6-7-33-11-14/h6-9,15,27H,10-11H2,1-5H3,(H,23,31)(H,25,29)(H,24,26,28);3-8,11,16,27H,9-10H2,1-2H3,(H,23,29)(H,25,30)(H,24,26,28)/t15-;16-/m00/s1. The maximum Gasteiger partial charge on any atom is 0.407 e. The number of nitrogens with zero attached hydrogens (tertiary/aromatic N) is 2. The number of rotatable bonds is 17. The van der Waals surface area contributed by atoms with Crippen LogP contribution in [0.4, 0.5) is 15.1 Å². The molecule has 0 aliphatic rings. The molecule has 362 valence electrons. The zero-order chi connectivity index (χ0) is 50.1. The maximum atomic E-state index is 12.8. The van der Waals surface area contributed by atoms with Gasteiger partial charge in [0.25, 0.3) is 17.7 Å². The number of alkyl carbamates (subject to hydrolysis) is 1. The number of aromatic hydroxyl groups is 2. The van der Waals surface area contributed by atoms with Crippen LogP contribution in [0.3, 0.4) is 0 Å². The summed E-state index contributed by atoms with van der Waals surface area (Å²) in [7, 11) is 2.34. The number of hydrogen-bond donors (Lipinski definition) is 8. The molecule has 2 aromatic carbocycles. The van der Waals surface area contributed by atoms with Gasteiger partial charge in [0, 0.05) is 17.5 Å². The third-order valence-electron chi connectivity index (χ3n) is 8.73. The summed E-state index contributed by atoms with van der Waals surface area (Å²) < 4.78 is 14.6. The zero-order valence-corrected chi connectivity index (χ0v) is 40.3. The van der Waals surface area contributed by atoms with E-state index in [-0.39, 0.29) is 75.2 Å². The first-order valence-corrected chi connectivity index (χ1v) is 22.9. The van der Waals surface area contributed by atoms with Gasteiger partial charge in [-0.2, -0.15) is 11.3 Å².